The molecule has 0 amide bonds. The Labute approximate surface area is 87.2 Å². The Balaban J connectivity index is 2.28. The molecule has 1 aromatic rings. The molecular weight excluding hydrogens is 200 g/mol. The third kappa shape index (κ3) is 1.81. The van der Waals surface area contributed by atoms with Crippen LogP contribution in [0.5, 0.6) is 5.75 Å². The van der Waals surface area contributed by atoms with Crippen LogP contribution in [0.2, 0.25) is 0 Å². The van der Waals surface area contributed by atoms with Crippen LogP contribution in [-0.4, -0.2) is 13.2 Å². The molecule has 0 aromatic heterocycles. The van der Waals surface area contributed by atoms with Gasteiger partial charge in [-0.15, -0.1) is 0 Å². The van der Waals surface area contributed by atoms with Crippen molar-refractivity contribution in [1.29, 1.82) is 0 Å². The lowest BCUT2D eigenvalue weighted by molar-refractivity contribution is 0.300. The Kier molecular flexibility index (Phi) is 2.86. The molecule has 2 rings (SSSR count). The average molecular weight is 213 g/mol. The maximum Gasteiger partial charge on any atom is 0.165 e. The van der Waals surface area contributed by atoms with Gasteiger partial charge in [0.1, 0.15) is 12.4 Å². The van der Waals surface area contributed by atoms with Crippen LogP contribution in [0.3, 0.4) is 0 Å². The molecule has 0 saturated heterocycles. The van der Waals surface area contributed by atoms with Crippen LogP contribution in [0, 0.1) is 11.6 Å². The molecule has 1 N–H and O–H groups in total. The first kappa shape index (κ1) is 10.4. The lowest BCUT2D eigenvalue weighted by atomic mass is 10.1. The predicted octanol–water partition coefficient (Wildman–Crippen LogP) is 2.40. The Morgan fingerprint density at radius 3 is 2.87 bits per heavy atom. The smallest absolute Gasteiger partial charge is 0.165 e. The molecular formula is C11H13F2NO. The largest absolute Gasteiger partial charge is 0.488 e. The zero-order valence-corrected chi connectivity index (χ0v) is 8.52. The Morgan fingerprint density at radius 1 is 1.40 bits per heavy atom. The van der Waals surface area contributed by atoms with Crippen molar-refractivity contribution in [2.75, 3.05) is 13.2 Å². The molecule has 1 unspecified atom stereocenters. The summed E-state index contributed by atoms with van der Waals surface area (Å²) in [5.74, 6) is -0.840. The van der Waals surface area contributed by atoms with E-state index in [2.05, 4.69) is 5.32 Å². The second kappa shape index (κ2) is 4.14. The van der Waals surface area contributed by atoms with Crippen LogP contribution >= 0.6 is 0 Å². The molecule has 0 spiro atoms. The van der Waals surface area contributed by atoms with E-state index in [1.807, 2.05) is 6.92 Å². The lowest BCUT2D eigenvalue weighted by Gasteiger charge is -2.10. The number of nitrogens with one attached hydrogen (secondary N) is 1. The first-order chi connectivity index (χ1) is 7.24. The first-order valence-electron chi connectivity index (χ1n) is 5.08. The van der Waals surface area contributed by atoms with Gasteiger partial charge in [-0.1, -0.05) is 6.92 Å². The molecule has 1 atom stereocenters. The van der Waals surface area contributed by atoms with Gasteiger partial charge >= 0.3 is 0 Å². The summed E-state index contributed by atoms with van der Waals surface area (Å²) in [6.45, 7) is 3.09. The molecule has 0 fully saturated rings. The van der Waals surface area contributed by atoms with Crippen molar-refractivity contribution in [3.63, 3.8) is 0 Å². The van der Waals surface area contributed by atoms with Gasteiger partial charge in [-0.05, 0) is 25.1 Å². The van der Waals surface area contributed by atoms with Gasteiger partial charge in [0, 0.05) is 0 Å². The summed E-state index contributed by atoms with van der Waals surface area (Å²) in [6, 6.07) is 2.01. The van der Waals surface area contributed by atoms with Gasteiger partial charge in [0.05, 0.1) is 11.6 Å². The molecule has 1 aromatic carbocycles. The Bertz CT molecular complexity index is 368. The Morgan fingerprint density at radius 2 is 2.13 bits per heavy atom. The average Bonchev–Trinajstić information content (AvgIpc) is 2.65. The molecule has 1 aliphatic heterocycles. The van der Waals surface area contributed by atoms with Crippen molar-refractivity contribution in [3.8, 4) is 5.75 Å². The molecule has 1 heterocycles. The number of ether oxygens (including phenoxy) is 1. The zero-order chi connectivity index (χ0) is 10.8. The predicted molar refractivity (Wildman–Crippen MR) is 52.9 cm³/mol. The van der Waals surface area contributed by atoms with E-state index in [-0.39, 0.29) is 11.8 Å². The normalized spacial score (nSPS) is 18.7. The minimum atomic E-state index is -0.493. The second-order valence-corrected chi connectivity index (χ2v) is 3.59. The minimum absolute atomic E-state index is 0.0589. The van der Waals surface area contributed by atoms with E-state index < -0.39 is 11.6 Å². The SMILES string of the molecule is CCCNC1COc2c(F)ccc(F)c21. The quantitative estimate of drug-likeness (QED) is 0.832. The topological polar surface area (TPSA) is 21.3 Å². The van der Waals surface area contributed by atoms with E-state index in [0.29, 0.717) is 12.2 Å². The van der Waals surface area contributed by atoms with E-state index in [1.54, 1.807) is 0 Å². The molecule has 15 heavy (non-hydrogen) atoms. The summed E-state index contributed by atoms with van der Waals surface area (Å²) >= 11 is 0. The van der Waals surface area contributed by atoms with E-state index >= 15 is 0 Å². The van der Waals surface area contributed by atoms with E-state index in [9.17, 15) is 8.78 Å². The highest BCUT2D eigenvalue weighted by Crippen LogP contribution is 2.36. The molecule has 82 valence electrons. The van der Waals surface area contributed by atoms with E-state index in [4.69, 9.17) is 4.74 Å². The Hall–Kier alpha value is -1.16. The monoisotopic (exact) mass is 213 g/mol. The van der Waals surface area contributed by atoms with Gasteiger partial charge in [-0.25, -0.2) is 8.78 Å². The van der Waals surface area contributed by atoms with Crippen LogP contribution < -0.4 is 10.1 Å². The molecule has 0 radical (unpaired) electrons. The van der Waals surface area contributed by atoms with Crippen molar-refractivity contribution in [1.82, 2.24) is 5.32 Å². The van der Waals surface area contributed by atoms with Gasteiger partial charge in [0.2, 0.25) is 0 Å². The van der Waals surface area contributed by atoms with Gasteiger partial charge in [-0.2, -0.15) is 0 Å². The first-order valence-corrected chi connectivity index (χ1v) is 5.08. The van der Waals surface area contributed by atoms with Crippen LogP contribution in [0.15, 0.2) is 12.1 Å². The van der Waals surface area contributed by atoms with E-state index in [1.165, 1.54) is 0 Å². The van der Waals surface area contributed by atoms with Crippen LogP contribution in [0.1, 0.15) is 24.9 Å². The molecule has 0 aliphatic carbocycles. The molecule has 0 bridgehead atoms. The van der Waals surface area contributed by atoms with Gasteiger partial charge < -0.3 is 10.1 Å². The number of hydrogen-bond acceptors (Lipinski definition) is 2. The van der Waals surface area contributed by atoms with Crippen LogP contribution in [-0.2, 0) is 0 Å². The maximum atomic E-state index is 13.5. The maximum absolute atomic E-state index is 13.5. The van der Waals surface area contributed by atoms with Crippen molar-refractivity contribution >= 4 is 0 Å². The highest BCUT2D eigenvalue weighted by Gasteiger charge is 2.29. The molecule has 2 nitrogen and oxygen atoms in total. The third-order valence-electron chi connectivity index (χ3n) is 2.48. The fourth-order valence-electron chi connectivity index (χ4n) is 1.75. The van der Waals surface area contributed by atoms with Crippen LogP contribution in [0.25, 0.3) is 0 Å². The summed E-state index contributed by atoms with van der Waals surface area (Å²) in [5.41, 5.74) is 0.323. The molecule has 4 heteroatoms. The number of benzene rings is 1. The van der Waals surface area contributed by atoms with Gasteiger partial charge in [-0.3, -0.25) is 0 Å². The number of rotatable bonds is 3. The van der Waals surface area contributed by atoms with Crippen molar-refractivity contribution in [3.05, 3.63) is 29.3 Å². The summed E-state index contributed by atoms with van der Waals surface area (Å²) < 4.78 is 31.9. The number of fused-ring (bicyclic) bond motifs is 1. The lowest BCUT2D eigenvalue weighted by Crippen LogP contribution is -2.23. The summed E-state index contributed by atoms with van der Waals surface area (Å²) in [7, 11) is 0. The summed E-state index contributed by atoms with van der Waals surface area (Å²) in [5, 5.41) is 3.12. The fraction of sp³-hybridized carbons (Fsp3) is 0.455. The molecule has 1 aliphatic rings. The van der Waals surface area contributed by atoms with Crippen LogP contribution in [0.4, 0.5) is 8.78 Å². The number of hydrogen-bond donors (Lipinski definition) is 1. The van der Waals surface area contributed by atoms with Gasteiger partial charge in [0.25, 0.3) is 0 Å². The fourth-order valence-corrected chi connectivity index (χ4v) is 1.75. The van der Waals surface area contributed by atoms with E-state index in [0.717, 1.165) is 25.1 Å². The highest BCUT2D eigenvalue weighted by molar-refractivity contribution is 5.41. The van der Waals surface area contributed by atoms with Gasteiger partial charge in [0.15, 0.2) is 11.6 Å². The highest BCUT2D eigenvalue weighted by atomic mass is 19.1. The summed E-state index contributed by atoms with van der Waals surface area (Å²) in [6.07, 6.45) is 0.947. The summed E-state index contributed by atoms with van der Waals surface area (Å²) in [4.78, 5) is 0. The third-order valence-corrected chi connectivity index (χ3v) is 2.48. The van der Waals surface area contributed by atoms with Crippen molar-refractivity contribution < 1.29 is 13.5 Å². The zero-order valence-electron chi connectivity index (χ0n) is 8.52. The number of halogens is 2. The molecule has 0 saturated carbocycles. The second-order valence-electron chi connectivity index (χ2n) is 3.59. The van der Waals surface area contributed by atoms with Crippen molar-refractivity contribution in [2.45, 2.75) is 19.4 Å². The standard InChI is InChI=1S/C11H13F2NO/c1-2-5-14-9-6-15-11-8(13)4-3-7(12)10(9)11/h3-4,9,14H,2,5-6H2,1H3. The van der Waals surface area contributed by atoms with Crippen molar-refractivity contribution in [2.24, 2.45) is 0 Å². The minimum Gasteiger partial charge on any atom is -0.488 e.